The molecule has 6 nitrogen and oxygen atoms in total. The molecule has 1 aromatic heterocycles. The molecule has 3 rings (SSSR count). The van der Waals surface area contributed by atoms with Crippen LogP contribution in [0.2, 0.25) is 5.02 Å². The molecule has 0 bridgehead atoms. The van der Waals surface area contributed by atoms with Crippen LogP contribution in [-0.2, 0) is 11.2 Å². The molecule has 0 radical (unpaired) electrons. The standard InChI is InChI=1S/C18H14ClN3O3/c19-14-7-8-15(17(12-14)21-9-3-4-10-21)20-18(23)11-13-5-1-2-6-16(13)22(24)25/h1-10,12H,11H2,(H,20,23). The van der Waals surface area contributed by atoms with E-state index in [4.69, 9.17) is 11.6 Å². The monoisotopic (exact) mass is 355 g/mol. The molecule has 3 aromatic rings. The molecule has 0 fully saturated rings. The SMILES string of the molecule is O=C(Cc1ccccc1[N+](=O)[O-])Nc1ccc(Cl)cc1-n1cccc1. The molecule has 126 valence electrons. The molecule has 0 saturated heterocycles. The van der Waals surface area contributed by atoms with Gasteiger partial charge in [0.25, 0.3) is 5.69 Å². The smallest absolute Gasteiger partial charge is 0.273 e. The predicted molar refractivity (Wildman–Crippen MR) is 96.2 cm³/mol. The molecule has 0 unspecified atom stereocenters. The van der Waals surface area contributed by atoms with Crippen molar-refractivity contribution in [2.24, 2.45) is 0 Å². The first-order valence-electron chi connectivity index (χ1n) is 7.49. The highest BCUT2D eigenvalue weighted by molar-refractivity contribution is 6.30. The van der Waals surface area contributed by atoms with E-state index in [1.54, 1.807) is 36.4 Å². The fraction of sp³-hybridized carbons (Fsp3) is 0.0556. The Morgan fingerprint density at radius 1 is 1.12 bits per heavy atom. The van der Waals surface area contributed by atoms with E-state index >= 15 is 0 Å². The number of nitro benzene ring substituents is 1. The summed E-state index contributed by atoms with van der Waals surface area (Å²) in [4.78, 5) is 23.0. The quantitative estimate of drug-likeness (QED) is 0.549. The van der Waals surface area contributed by atoms with Gasteiger partial charge in [-0.25, -0.2) is 0 Å². The topological polar surface area (TPSA) is 77.2 Å². The molecule has 7 heteroatoms. The van der Waals surface area contributed by atoms with E-state index in [1.807, 2.05) is 29.1 Å². The van der Waals surface area contributed by atoms with Gasteiger partial charge in [0, 0.05) is 29.0 Å². The molecule has 1 N–H and O–H groups in total. The van der Waals surface area contributed by atoms with Crippen LogP contribution in [0.25, 0.3) is 5.69 Å². The van der Waals surface area contributed by atoms with Crippen molar-refractivity contribution in [3.05, 3.63) is 87.7 Å². The predicted octanol–water partition coefficient (Wildman–Crippen LogP) is 4.22. The maximum absolute atomic E-state index is 12.4. The number of carbonyl (C=O) groups excluding carboxylic acids is 1. The Bertz CT molecular complexity index is 923. The summed E-state index contributed by atoms with van der Waals surface area (Å²) in [6, 6.07) is 15.0. The Hall–Kier alpha value is -3.12. The Morgan fingerprint density at radius 2 is 1.84 bits per heavy atom. The summed E-state index contributed by atoms with van der Waals surface area (Å²) in [5, 5.41) is 14.4. The van der Waals surface area contributed by atoms with Crippen molar-refractivity contribution in [2.75, 3.05) is 5.32 Å². The van der Waals surface area contributed by atoms with Crippen molar-refractivity contribution in [3.63, 3.8) is 0 Å². The van der Waals surface area contributed by atoms with Gasteiger partial charge in [-0.15, -0.1) is 0 Å². The van der Waals surface area contributed by atoms with E-state index in [2.05, 4.69) is 5.32 Å². The number of anilines is 1. The number of amides is 1. The Balaban J connectivity index is 1.84. The number of hydrogen-bond acceptors (Lipinski definition) is 3. The van der Waals surface area contributed by atoms with E-state index in [9.17, 15) is 14.9 Å². The molecular weight excluding hydrogens is 342 g/mol. The largest absolute Gasteiger partial charge is 0.324 e. The Kier molecular flexibility index (Phi) is 4.81. The van der Waals surface area contributed by atoms with Gasteiger partial charge in [0.1, 0.15) is 0 Å². The Morgan fingerprint density at radius 3 is 2.56 bits per heavy atom. The lowest BCUT2D eigenvalue weighted by atomic mass is 10.1. The van der Waals surface area contributed by atoms with Gasteiger partial charge in [-0.3, -0.25) is 14.9 Å². The minimum absolute atomic E-state index is 0.0700. The zero-order valence-electron chi connectivity index (χ0n) is 13.1. The fourth-order valence-electron chi connectivity index (χ4n) is 2.53. The maximum Gasteiger partial charge on any atom is 0.273 e. The van der Waals surface area contributed by atoms with E-state index in [1.165, 1.54) is 6.07 Å². The summed E-state index contributed by atoms with van der Waals surface area (Å²) in [5.41, 5.74) is 1.58. The fourth-order valence-corrected chi connectivity index (χ4v) is 2.69. The van der Waals surface area contributed by atoms with Crippen LogP contribution in [-0.4, -0.2) is 15.4 Å². The van der Waals surface area contributed by atoms with Crippen molar-refractivity contribution in [1.82, 2.24) is 4.57 Å². The number of carbonyl (C=O) groups is 1. The van der Waals surface area contributed by atoms with Crippen LogP contribution in [0.15, 0.2) is 67.0 Å². The normalized spacial score (nSPS) is 10.4. The minimum atomic E-state index is -0.490. The van der Waals surface area contributed by atoms with Gasteiger partial charge in [-0.1, -0.05) is 29.8 Å². The van der Waals surface area contributed by atoms with Gasteiger partial charge in [-0.2, -0.15) is 0 Å². The summed E-state index contributed by atoms with van der Waals surface area (Å²) in [7, 11) is 0. The van der Waals surface area contributed by atoms with Crippen LogP contribution in [0, 0.1) is 10.1 Å². The molecule has 2 aromatic carbocycles. The van der Waals surface area contributed by atoms with Crippen LogP contribution < -0.4 is 5.32 Å². The lowest BCUT2D eigenvalue weighted by Crippen LogP contribution is -2.16. The Labute approximate surface area is 148 Å². The third-order valence-corrected chi connectivity index (χ3v) is 3.89. The third kappa shape index (κ3) is 3.87. The first-order valence-corrected chi connectivity index (χ1v) is 7.87. The molecule has 0 atom stereocenters. The second kappa shape index (κ2) is 7.19. The molecule has 1 heterocycles. The molecule has 25 heavy (non-hydrogen) atoms. The summed E-state index contributed by atoms with van der Waals surface area (Å²) in [5.74, 6) is -0.343. The lowest BCUT2D eigenvalue weighted by Gasteiger charge is -2.13. The van der Waals surface area contributed by atoms with Crippen LogP contribution in [0.1, 0.15) is 5.56 Å². The van der Waals surface area contributed by atoms with Crippen molar-refractivity contribution < 1.29 is 9.72 Å². The lowest BCUT2D eigenvalue weighted by molar-refractivity contribution is -0.385. The molecule has 0 aliphatic rings. The summed E-state index contributed by atoms with van der Waals surface area (Å²) >= 11 is 6.05. The van der Waals surface area contributed by atoms with Gasteiger partial charge >= 0.3 is 0 Å². The number of nitrogens with one attached hydrogen (secondary N) is 1. The van der Waals surface area contributed by atoms with E-state index < -0.39 is 4.92 Å². The minimum Gasteiger partial charge on any atom is -0.324 e. The highest BCUT2D eigenvalue weighted by atomic mass is 35.5. The van der Waals surface area contributed by atoms with E-state index in [0.717, 1.165) is 0 Å². The number of hydrogen-bond donors (Lipinski definition) is 1. The summed E-state index contributed by atoms with van der Waals surface area (Å²) < 4.78 is 1.83. The summed E-state index contributed by atoms with van der Waals surface area (Å²) in [6.07, 6.45) is 3.58. The highest BCUT2D eigenvalue weighted by Gasteiger charge is 2.16. The number of benzene rings is 2. The number of nitro groups is 1. The molecule has 0 saturated carbocycles. The average molecular weight is 356 g/mol. The van der Waals surface area contributed by atoms with Gasteiger partial charge in [0.05, 0.1) is 22.7 Å². The zero-order chi connectivity index (χ0) is 17.8. The van der Waals surface area contributed by atoms with Crippen molar-refractivity contribution >= 4 is 28.9 Å². The molecule has 0 aliphatic heterocycles. The molecule has 0 spiro atoms. The van der Waals surface area contributed by atoms with Crippen molar-refractivity contribution in [3.8, 4) is 5.69 Å². The summed E-state index contributed by atoms with van der Waals surface area (Å²) in [6.45, 7) is 0. The molecular formula is C18H14ClN3O3. The first-order chi connectivity index (χ1) is 12.0. The number of halogens is 1. The molecule has 0 aliphatic carbocycles. The second-order valence-electron chi connectivity index (χ2n) is 5.36. The van der Waals surface area contributed by atoms with Crippen LogP contribution >= 0.6 is 11.6 Å². The van der Waals surface area contributed by atoms with Gasteiger partial charge in [0.2, 0.25) is 5.91 Å². The third-order valence-electron chi connectivity index (χ3n) is 3.66. The van der Waals surface area contributed by atoms with Crippen LogP contribution in [0.4, 0.5) is 11.4 Å². The average Bonchev–Trinajstić information content (AvgIpc) is 3.11. The molecule has 1 amide bonds. The van der Waals surface area contributed by atoms with E-state index in [-0.39, 0.29) is 18.0 Å². The maximum atomic E-state index is 12.4. The van der Waals surface area contributed by atoms with E-state index in [0.29, 0.717) is 22.0 Å². The zero-order valence-corrected chi connectivity index (χ0v) is 13.8. The number of nitrogens with zero attached hydrogens (tertiary/aromatic N) is 2. The number of aromatic nitrogens is 1. The van der Waals surface area contributed by atoms with Crippen LogP contribution in [0.3, 0.4) is 0 Å². The first kappa shape index (κ1) is 16.7. The number of rotatable bonds is 5. The second-order valence-corrected chi connectivity index (χ2v) is 5.80. The highest BCUT2D eigenvalue weighted by Crippen LogP contribution is 2.25. The van der Waals surface area contributed by atoms with Crippen molar-refractivity contribution in [1.29, 1.82) is 0 Å². The van der Waals surface area contributed by atoms with Crippen LogP contribution in [0.5, 0.6) is 0 Å². The van der Waals surface area contributed by atoms with Gasteiger partial charge < -0.3 is 9.88 Å². The van der Waals surface area contributed by atoms with Gasteiger partial charge in [-0.05, 0) is 30.3 Å². The van der Waals surface area contributed by atoms with Gasteiger partial charge in [0.15, 0.2) is 0 Å². The number of para-hydroxylation sites is 1. The van der Waals surface area contributed by atoms with Crippen molar-refractivity contribution in [2.45, 2.75) is 6.42 Å².